The van der Waals surface area contributed by atoms with Crippen LogP contribution in [0.5, 0.6) is 0 Å². The van der Waals surface area contributed by atoms with Crippen LogP contribution in [0.3, 0.4) is 0 Å². The molecule has 0 saturated heterocycles. The first-order valence-electron chi connectivity index (χ1n) is 5.93. The van der Waals surface area contributed by atoms with Gasteiger partial charge in [-0.3, -0.25) is 4.68 Å². The molecule has 3 aromatic rings. The van der Waals surface area contributed by atoms with Crippen LogP contribution in [0.15, 0.2) is 30.5 Å². The lowest BCUT2D eigenvalue weighted by atomic mass is 10.2. The number of hydrogen-bond donors (Lipinski definition) is 1. The number of carboxylic acid groups (broad SMARTS) is 1. The minimum absolute atomic E-state index is 0.0425. The Morgan fingerprint density at radius 1 is 1.40 bits per heavy atom. The summed E-state index contributed by atoms with van der Waals surface area (Å²) >= 11 is 5.95. The third-order valence-electron chi connectivity index (χ3n) is 3.18. The van der Waals surface area contributed by atoms with Crippen LogP contribution in [-0.2, 0) is 13.6 Å². The number of carboxylic acids is 1. The van der Waals surface area contributed by atoms with Gasteiger partial charge in [0.15, 0.2) is 5.69 Å². The highest BCUT2D eigenvalue weighted by Crippen LogP contribution is 2.20. The van der Waals surface area contributed by atoms with Gasteiger partial charge in [0.2, 0.25) is 0 Å². The molecule has 0 spiro atoms. The molecule has 0 radical (unpaired) electrons. The van der Waals surface area contributed by atoms with E-state index >= 15 is 0 Å². The molecule has 102 valence electrons. The second-order valence-electron chi connectivity index (χ2n) is 4.38. The number of hydrogen-bond acceptors (Lipinski definition) is 3. The van der Waals surface area contributed by atoms with Crippen molar-refractivity contribution in [1.29, 1.82) is 0 Å². The predicted molar refractivity (Wildman–Crippen MR) is 74.0 cm³/mol. The highest BCUT2D eigenvalue weighted by molar-refractivity contribution is 6.29. The molecule has 0 aliphatic heterocycles. The molecule has 20 heavy (non-hydrogen) atoms. The summed E-state index contributed by atoms with van der Waals surface area (Å²) in [6.07, 6.45) is 1.56. The molecule has 0 aliphatic carbocycles. The minimum atomic E-state index is -1.04. The van der Waals surface area contributed by atoms with Crippen LogP contribution in [0.2, 0.25) is 5.15 Å². The van der Waals surface area contributed by atoms with Crippen molar-refractivity contribution in [2.75, 3.05) is 0 Å². The van der Waals surface area contributed by atoms with Gasteiger partial charge in [-0.25, -0.2) is 9.78 Å². The van der Waals surface area contributed by atoms with Gasteiger partial charge in [-0.1, -0.05) is 29.8 Å². The molecule has 0 fully saturated rings. The summed E-state index contributed by atoms with van der Waals surface area (Å²) in [5, 5.41) is 14.5. The van der Waals surface area contributed by atoms with E-state index in [0.717, 1.165) is 5.52 Å². The molecular weight excluding hydrogens is 280 g/mol. The fourth-order valence-corrected chi connectivity index (χ4v) is 2.26. The van der Waals surface area contributed by atoms with Gasteiger partial charge < -0.3 is 9.67 Å². The summed E-state index contributed by atoms with van der Waals surface area (Å²) in [6, 6.07) is 7.21. The number of aromatic carboxylic acids is 1. The van der Waals surface area contributed by atoms with Crippen LogP contribution in [-0.4, -0.2) is 30.4 Å². The number of imidazole rings is 1. The summed E-state index contributed by atoms with van der Waals surface area (Å²) in [7, 11) is 1.80. The summed E-state index contributed by atoms with van der Waals surface area (Å²) in [5.41, 5.74) is 0.796. The van der Waals surface area contributed by atoms with E-state index in [4.69, 9.17) is 11.6 Å². The molecule has 0 atom stereocenters. The van der Waals surface area contributed by atoms with E-state index in [0.29, 0.717) is 22.9 Å². The van der Waals surface area contributed by atoms with Crippen LogP contribution in [0, 0.1) is 0 Å². The Morgan fingerprint density at radius 3 is 2.80 bits per heavy atom. The first kappa shape index (κ1) is 12.7. The Morgan fingerprint density at radius 2 is 2.15 bits per heavy atom. The van der Waals surface area contributed by atoms with Crippen LogP contribution >= 0.6 is 11.6 Å². The monoisotopic (exact) mass is 290 g/mol. The number of nitrogens with zero attached hydrogens (tertiary/aromatic N) is 4. The average molecular weight is 291 g/mol. The van der Waals surface area contributed by atoms with Crippen molar-refractivity contribution in [3.05, 3.63) is 47.1 Å². The quantitative estimate of drug-likeness (QED) is 0.802. The van der Waals surface area contributed by atoms with Crippen molar-refractivity contribution in [2.24, 2.45) is 7.05 Å². The number of rotatable bonds is 3. The Kier molecular flexibility index (Phi) is 2.94. The molecule has 0 saturated carbocycles. The third-order valence-corrected chi connectivity index (χ3v) is 3.53. The number of aromatic nitrogens is 4. The van der Waals surface area contributed by atoms with Gasteiger partial charge in [-0.2, -0.15) is 5.10 Å². The smallest absolute Gasteiger partial charge is 0.357 e. The average Bonchev–Trinajstić information content (AvgIpc) is 2.95. The van der Waals surface area contributed by atoms with E-state index in [1.807, 2.05) is 12.1 Å². The van der Waals surface area contributed by atoms with E-state index in [9.17, 15) is 9.90 Å². The van der Waals surface area contributed by atoms with Gasteiger partial charge in [-0.15, -0.1) is 0 Å². The van der Waals surface area contributed by atoms with Gasteiger partial charge >= 0.3 is 5.97 Å². The molecule has 2 heterocycles. The SMILES string of the molecule is Cn1c(Cl)cnc1Cn1nc(C(=O)O)c2ccccc21. The zero-order valence-electron chi connectivity index (χ0n) is 10.6. The molecule has 3 rings (SSSR count). The van der Waals surface area contributed by atoms with Crippen LogP contribution in [0.25, 0.3) is 10.9 Å². The van der Waals surface area contributed by atoms with Crippen LogP contribution < -0.4 is 0 Å². The lowest BCUT2D eigenvalue weighted by Gasteiger charge is -2.04. The number of halogens is 1. The maximum Gasteiger partial charge on any atom is 0.357 e. The molecule has 2 aromatic heterocycles. The summed E-state index contributed by atoms with van der Waals surface area (Å²) < 4.78 is 3.36. The number of carbonyl (C=O) groups is 1. The van der Waals surface area contributed by atoms with E-state index in [2.05, 4.69) is 10.1 Å². The second-order valence-corrected chi connectivity index (χ2v) is 4.77. The third kappa shape index (κ3) is 1.94. The van der Waals surface area contributed by atoms with Crippen molar-refractivity contribution >= 4 is 28.5 Å². The molecule has 0 aliphatic rings. The van der Waals surface area contributed by atoms with Crippen LogP contribution in [0.4, 0.5) is 0 Å². The first-order chi connectivity index (χ1) is 9.58. The summed E-state index contributed by atoms with van der Waals surface area (Å²) in [4.78, 5) is 15.4. The molecule has 0 amide bonds. The Labute approximate surface area is 119 Å². The van der Waals surface area contributed by atoms with Gasteiger partial charge in [0.05, 0.1) is 18.3 Å². The fourth-order valence-electron chi connectivity index (χ4n) is 2.11. The number of fused-ring (bicyclic) bond motifs is 1. The van der Waals surface area contributed by atoms with Crippen LogP contribution in [0.1, 0.15) is 16.3 Å². The summed E-state index contributed by atoms with van der Waals surface area (Å²) in [5.74, 6) is -0.335. The lowest BCUT2D eigenvalue weighted by Crippen LogP contribution is -2.08. The van der Waals surface area contributed by atoms with E-state index in [1.54, 1.807) is 34.6 Å². The fraction of sp³-hybridized carbons (Fsp3) is 0.154. The largest absolute Gasteiger partial charge is 0.476 e. The minimum Gasteiger partial charge on any atom is -0.476 e. The summed E-state index contributed by atoms with van der Waals surface area (Å²) in [6.45, 7) is 0.358. The predicted octanol–water partition coefficient (Wildman–Crippen LogP) is 2.17. The molecule has 0 bridgehead atoms. The van der Waals surface area contributed by atoms with E-state index < -0.39 is 5.97 Å². The molecular formula is C13H11ClN4O2. The van der Waals surface area contributed by atoms with Crippen molar-refractivity contribution < 1.29 is 9.90 Å². The topological polar surface area (TPSA) is 72.9 Å². The molecule has 6 nitrogen and oxygen atoms in total. The zero-order valence-corrected chi connectivity index (χ0v) is 11.4. The number of benzene rings is 1. The maximum absolute atomic E-state index is 11.2. The highest BCUT2D eigenvalue weighted by atomic mass is 35.5. The highest BCUT2D eigenvalue weighted by Gasteiger charge is 2.17. The van der Waals surface area contributed by atoms with Crippen molar-refractivity contribution in [3.63, 3.8) is 0 Å². The van der Waals surface area contributed by atoms with Gasteiger partial charge in [0.1, 0.15) is 11.0 Å². The lowest BCUT2D eigenvalue weighted by molar-refractivity contribution is 0.0691. The van der Waals surface area contributed by atoms with Gasteiger partial charge in [-0.05, 0) is 6.07 Å². The first-order valence-corrected chi connectivity index (χ1v) is 6.30. The zero-order chi connectivity index (χ0) is 14.3. The van der Waals surface area contributed by atoms with E-state index in [1.165, 1.54) is 0 Å². The number of para-hydroxylation sites is 1. The molecule has 7 heteroatoms. The van der Waals surface area contributed by atoms with Gasteiger partial charge in [0, 0.05) is 12.4 Å². The molecule has 1 N–H and O–H groups in total. The Bertz CT molecular complexity index is 806. The standard InChI is InChI=1S/C13H11ClN4O2/c1-17-10(14)6-15-11(17)7-18-9-5-3-2-4-8(9)12(16-18)13(19)20/h2-6H,7H2,1H3,(H,19,20). The second kappa shape index (κ2) is 4.64. The van der Waals surface area contributed by atoms with Crippen molar-refractivity contribution in [3.8, 4) is 0 Å². The van der Waals surface area contributed by atoms with E-state index in [-0.39, 0.29) is 5.69 Å². The Balaban J connectivity index is 2.12. The Hall–Kier alpha value is -2.34. The van der Waals surface area contributed by atoms with Crippen molar-refractivity contribution in [1.82, 2.24) is 19.3 Å². The van der Waals surface area contributed by atoms with Crippen molar-refractivity contribution in [2.45, 2.75) is 6.54 Å². The normalized spacial score (nSPS) is 11.1. The maximum atomic E-state index is 11.2. The molecule has 1 aromatic carbocycles. The van der Waals surface area contributed by atoms with Gasteiger partial charge in [0.25, 0.3) is 0 Å². The molecule has 0 unspecified atom stereocenters.